The fraction of sp³-hybridized carbons (Fsp3) is 0.167. The predicted molar refractivity (Wildman–Crippen MR) is 70.7 cm³/mol. The Bertz CT molecular complexity index is 821. The minimum Gasteiger partial charge on any atom is -0.481 e. The van der Waals surface area contributed by atoms with Crippen molar-refractivity contribution in [3.05, 3.63) is 34.3 Å². The van der Waals surface area contributed by atoms with Gasteiger partial charge in [0.05, 0.1) is 23.1 Å². The number of carbonyl (C=O) groups is 1. The molecule has 0 unspecified atom stereocenters. The summed E-state index contributed by atoms with van der Waals surface area (Å²) in [5.41, 5.74) is 1.85. The third-order valence-corrected chi connectivity index (χ3v) is 3.87. The van der Waals surface area contributed by atoms with E-state index in [0.717, 1.165) is 0 Å². The van der Waals surface area contributed by atoms with Crippen molar-refractivity contribution in [2.75, 3.05) is 0 Å². The van der Waals surface area contributed by atoms with Crippen LogP contribution in [-0.2, 0) is 18.3 Å². The first-order valence-electron chi connectivity index (χ1n) is 5.51. The Labute approximate surface area is 115 Å². The molecule has 98 valence electrons. The van der Waals surface area contributed by atoms with E-state index in [4.69, 9.17) is 5.11 Å². The van der Waals surface area contributed by atoms with E-state index < -0.39 is 5.97 Å². The molecular formula is C12H9BrFN3O2. The molecule has 0 aliphatic rings. The van der Waals surface area contributed by atoms with Gasteiger partial charge in [-0.15, -0.1) is 0 Å². The molecule has 7 heteroatoms. The van der Waals surface area contributed by atoms with Gasteiger partial charge in [-0.1, -0.05) is 0 Å². The number of hydrogen-bond donors (Lipinski definition) is 1. The zero-order chi connectivity index (χ0) is 13.7. The number of aliphatic carboxylic acids is 1. The highest BCUT2D eigenvalue weighted by Gasteiger charge is 2.19. The predicted octanol–water partition coefficient (Wildman–Crippen LogP) is 2.35. The molecule has 1 aromatic carbocycles. The van der Waals surface area contributed by atoms with Crippen molar-refractivity contribution < 1.29 is 14.3 Å². The molecule has 0 bridgehead atoms. The van der Waals surface area contributed by atoms with Gasteiger partial charge in [-0.05, 0) is 28.1 Å². The highest BCUT2D eigenvalue weighted by atomic mass is 79.9. The summed E-state index contributed by atoms with van der Waals surface area (Å²) >= 11 is 3.37. The Kier molecular flexibility index (Phi) is 2.60. The van der Waals surface area contributed by atoms with Gasteiger partial charge in [0, 0.05) is 13.1 Å². The molecule has 0 saturated heterocycles. The lowest BCUT2D eigenvalue weighted by molar-refractivity contribution is -0.136. The second-order valence-electron chi connectivity index (χ2n) is 4.25. The zero-order valence-corrected chi connectivity index (χ0v) is 11.5. The van der Waals surface area contributed by atoms with Crippen molar-refractivity contribution in [1.29, 1.82) is 0 Å². The van der Waals surface area contributed by atoms with Gasteiger partial charge in [0.1, 0.15) is 10.4 Å². The van der Waals surface area contributed by atoms with E-state index in [0.29, 0.717) is 27.1 Å². The molecule has 3 aromatic rings. The summed E-state index contributed by atoms with van der Waals surface area (Å²) in [4.78, 5) is 15.2. The topological polar surface area (TPSA) is 59.5 Å². The van der Waals surface area contributed by atoms with Gasteiger partial charge in [0.2, 0.25) is 5.78 Å². The highest BCUT2D eigenvalue weighted by Crippen LogP contribution is 2.27. The van der Waals surface area contributed by atoms with E-state index in [-0.39, 0.29) is 12.2 Å². The van der Waals surface area contributed by atoms with Crippen LogP contribution < -0.4 is 0 Å². The fourth-order valence-corrected chi connectivity index (χ4v) is 2.93. The summed E-state index contributed by atoms with van der Waals surface area (Å²) in [5.74, 6) is -0.714. The van der Waals surface area contributed by atoms with Crippen LogP contribution in [0.15, 0.2) is 22.8 Å². The van der Waals surface area contributed by atoms with Gasteiger partial charge in [0.25, 0.3) is 0 Å². The van der Waals surface area contributed by atoms with E-state index in [1.165, 1.54) is 12.1 Å². The van der Waals surface area contributed by atoms with Crippen LogP contribution in [0.3, 0.4) is 0 Å². The molecule has 0 radical (unpaired) electrons. The lowest BCUT2D eigenvalue weighted by Crippen LogP contribution is -2.05. The zero-order valence-electron chi connectivity index (χ0n) is 9.89. The number of hydrogen-bond acceptors (Lipinski definition) is 2. The molecule has 0 spiro atoms. The molecule has 2 heterocycles. The summed E-state index contributed by atoms with van der Waals surface area (Å²) in [7, 11) is 1.74. The highest BCUT2D eigenvalue weighted by molar-refractivity contribution is 9.10. The van der Waals surface area contributed by atoms with Crippen LogP contribution in [0, 0.1) is 5.82 Å². The maximum atomic E-state index is 13.3. The summed E-state index contributed by atoms with van der Waals surface area (Å²) in [6.45, 7) is 0. The average Bonchev–Trinajstić information content (AvgIpc) is 2.81. The molecule has 2 aromatic heterocycles. The molecule has 0 amide bonds. The van der Waals surface area contributed by atoms with Gasteiger partial charge >= 0.3 is 5.97 Å². The average molecular weight is 326 g/mol. The molecular weight excluding hydrogens is 317 g/mol. The fourth-order valence-electron chi connectivity index (χ4n) is 2.18. The van der Waals surface area contributed by atoms with Gasteiger partial charge in [-0.25, -0.2) is 9.37 Å². The Morgan fingerprint density at radius 1 is 1.53 bits per heavy atom. The van der Waals surface area contributed by atoms with Crippen molar-refractivity contribution in [3.63, 3.8) is 0 Å². The van der Waals surface area contributed by atoms with Gasteiger partial charge in [0.15, 0.2) is 0 Å². The van der Waals surface area contributed by atoms with Crippen molar-refractivity contribution in [2.45, 2.75) is 6.42 Å². The van der Waals surface area contributed by atoms with Crippen LogP contribution in [0.25, 0.3) is 16.8 Å². The monoisotopic (exact) mass is 325 g/mol. The molecule has 0 aliphatic carbocycles. The molecule has 1 N–H and O–H groups in total. The number of nitrogens with zero attached hydrogens (tertiary/aromatic N) is 3. The number of carboxylic acid groups (broad SMARTS) is 1. The third-order valence-electron chi connectivity index (χ3n) is 3.06. The Balaban J connectivity index is 2.39. The minimum atomic E-state index is -0.931. The first kappa shape index (κ1) is 12.2. The summed E-state index contributed by atoms with van der Waals surface area (Å²) in [6, 6.07) is 4.33. The van der Waals surface area contributed by atoms with Crippen molar-refractivity contribution in [3.8, 4) is 0 Å². The molecule has 5 nitrogen and oxygen atoms in total. The van der Waals surface area contributed by atoms with Crippen LogP contribution in [0.4, 0.5) is 4.39 Å². The third kappa shape index (κ3) is 1.73. The maximum absolute atomic E-state index is 13.3. The van der Waals surface area contributed by atoms with Gasteiger partial charge in [-0.2, -0.15) is 0 Å². The molecule has 0 atom stereocenters. The number of aromatic nitrogens is 3. The normalized spacial score (nSPS) is 11.5. The lowest BCUT2D eigenvalue weighted by atomic mass is 10.3. The summed E-state index contributed by atoms with van der Waals surface area (Å²) in [5, 5.41) is 8.91. The van der Waals surface area contributed by atoms with E-state index in [9.17, 15) is 9.18 Å². The van der Waals surface area contributed by atoms with Gasteiger partial charge in [-0.3, -0.25) is 9.20 Å². The first-order valence-corrected chi connectivity index (χ1v) is 6.31. The second kappa shape index (κ2) is 4.06. The van der Waals surface area contributed by atoms with Crippen molar-refractivity contribution in [2.24, 2.45) is 7.05 Å². The summed E-state index contributed by atoms with van der Waals surface area (Å²) in [6.07, 6.45) is -0.128. The van der Waals surface area contributed by atoms with E-state index >= 15 is 0 Å². The van der Waals surface area contributed by atoms with Crippen molar-refractivity contribution >= 4 is 38.7 Å². The van der Waals surface area contributed by atoms with Crippen LogP contribution in [0.1, 0.15) is 5.69 Å². The van der Waals surface area contributed by atoms with Crippen LogP contribution in [0.5, 0.6) is 0 Å². The first-order chi connectivity index (χ1) is 8.99. The Hall–Kier alpha value is -1.89. The van der Waals surface area contributed by atoms with E-state index in [1.54, 1.807) is 22.1 Å². The van der Waals surface area contributed by atoms with Crippen LogP contribution >= 0.6 is 15.9 Å². The molecule has 0 fully saturated rings. The Morgan fingerprint density at radius 3 is 2.95 bits per heavy atom. The maximum Gasteiger partial charge on any atom is 0.309 e. The molecule has 3 rings (SSSR count). The van der Waals surface area contributed by atoms with Crippen LogP contribution in [-0.4, -0.2) is 25.0 Å². The molecule has 0 aliphatic heterocycles. The quantitative estimate of drug-likeness (QED) is 0.786. The standard InChI is InChI=1S/C12H9BrFN3O2/c1-16-9(5-10(18)19)11(13)17-8-4-6(14)2-3-7(8)15-12(16)17/h2-4H,5H2,1H3,(H,18,19). The van der Waals surface area contributed by atoms with E-state index in [2.05, 4.69) is 20.9 Å². The number of halogens is 2. The van der Waals surface area contributed by atoms with Crippen molar-refractivity contribution in [1.82, 2.24) is 14.0 Å². The molecule has 0 saturated carbocycles. The summed E-state index contributed by atoms with van der Waals surface area (Å²) < 4.78 is 17.3. The second-order valence-corrected chi connectivity index (χ2v) is 5.00. The van der Waals surface area contributed by atoms with Crippen LogP contribution in [0.2, 0.25) is 0 Å². The largest absolute Gasteiger partial charge is 0.481 e. The van der Waals surface area contributed by atoms with E-state index in [1.807, 2.05) is 0 Å². The minimum absolute atomic E-state index is 0.128. The SMILES string of the molecule is Cn1c(CC(=O)O)c(Br)n2c3cc(F)ccc3nc12. The number of carboxylic acids is 1. The number of benzene rings is 1. The number of imidazole rings is 2. The number of rotatable bonds is 2. The number of aryl methyl sites for hydroxylation is 1. The Morgan fingerprint density at radius 2 is 2.26 bits per heavy atom. The number of fused-ring (bicyclic) bond motifs is 3. The molecule has 19 heavy (non-hydrogen) atoms. The smallest absolute Gasteiger partial charge is 0.309 e. The lowest BCUT2D eigenvalue weighted by Gasteiger charge is -1.99. The van der Waals surface area contributed by atoms with Gasteiger partial charge < -0.3 is 9.67 Å².